The molecule has 24 heavy (non-hydrogen) atoms. The molecule has 0 unspecified atom stereocenters. The molecule has 1 aromatic carbocycles. The first-order chi connectivity index (χ1) is 11.4. The van der Waals surface area contributed by atoms with Crippen LogP contribution in [0, 0.1) is 18.3 Å². The van der Waals surface area contributed by atoms with Gasteiger partial charge in [-0.05, 0) is 30.7 Å². The zero-order valence-corrected chi connectivity index (χ0v) is 13.7. The van der Waals surface area contributed by atoms with Gasteiger partial charge in [0.1, 0.15) is 11.6 Å². The van der Waals surface area contributed by atoms with E-state index in [4.69, 9.17) is 26.8 Å². The van der Waals surface area contributed by atoms with Crippen LogP contribution in [0.2, 0.25) is 5.02 Å². The van der Waals surface area contributed by atoms with Gasteiger partial charge in [-0.1, -0.05) is 11.6 Å². The van der Waals surface area contributed by atoms with Gasteiger partial charge in [-0.25, -0.2) is 0 Å². The Balaban J connectivity index is 2.62. The summed E-state index contributed by atoms with van der Waals surface area (Å²) in [5.41, 5.74) is 6.05. The summed E-state index contributed by atoms with van der Waals surface area (Å²) in [7, 11) is 1.40. The first-order valence-corrected chi connectivity index (χ1v) is 7.18. The van der Waals surface area contributed by atoms with Crippen molar-refractivity contribution in [3.8, 4) is 28.7 Å². The minimum atomic E-state index is -0.658. The van der Waals surface area contributed by atoms with E-state index in [1.54, 1.807) is 19.1 Å². The summed E-state index contributed by atoms with van der Waals surface area (Å²) in [5, 5.41) is 9.40. The van der Waals surface area contributed by atoms with Gasteiger partial charge in [0.25, 0.3) is 11.5 Å². The molecular formula is C16H14ClN3O4. The Hall–Kier alpha value is -2.98. The molecule has 0 spiro atoms. The van der Waals surface area contributed by atoms with E-state index in [0.717, 1.165) is 0 Å². The molecule has 0 atom stereocenters. The van der Waals surface area contributed by atoms with Crippen molar-refractivity contribution in [3.05, 3.63) is 44.8 Å². The molecule has 0 bridgehead atoms. The summed E-state index contributed by atoms with van der Waals surface area (Å²) in [6.07, 6.45) is 0. The van der Waals surface area contributed by atoms with Crippen LogP contribution < -0.4 is 20.8 Å². The predicted molar refractivity (Wildman–Crippen MR) is 88.2 cm³/mol. The second-order valence-electron chi connectivity index (χ2n) is 4.93. The van der Waals surface area contributed by atoms with E-state index < -0.39 is 11.5 Å². The van der Waals surface area contributed by atoms with Crippen molar-refractivity contribution >= 4 is 17.5 Å². The van der Waals surface area contributed by atoms with Crippen LogP contribution in [-0.2, 0) is 4.79 Å². The zero-order chi connectivity index (χ0) is 17.9. The molecule has 0 aliphatic rings. The molecule has 2 rings (SSSR count). The number of carbonyl (C=O) groups excluding carboxylic acids is 1. The molecule has 1 amide bonds. The molecule has 124 valence electrons. The number of nitrogens with zero attached hydrogens (tertiary/aromatic N) is 1. The van der Waals surface area contributed by atoms with Gasteiger partial charge in [-0.2, -0.15) is 5.26 Å². The number of pyridine rings is 1. The minimum Gasteiger partial charge on any atom is -0.493 e. The van der Waals surface area contributed by atoms with E-state index in [1.807, 2.05) is 6.07 Å². The lowest BCUT2D eigenvalue weighted by molar-refractivity contribution is -0.119. The van der Waals surface area contributed by atoms with Crippen molar-refractivity contribution in [2.75, 3.05) is 13.7 Å². The summed E-state index contributed by atoms with van der Waals surface area (Å²) in [6, 6.07) is 6.63. The number of H-pyrrole nitrogens is 1. The maximum atomic E-state index is 11.9. The van der Waals surface area contributed by atoms with Crippen LogP contribution in [0.5, 0.6) is 11.5 Å². The molecule has 1 heterocycles. The zero-order valence-electron chi connectivity index (χ0n) is 13.0. The molecule has 0 fully saturated rings. The molecule has 7 nitrogen and oxygen atoms in total. The summed E-state index contributed by atoms with van der Waals surface area (Å²) in [5.74, 6) is -0.253. The van der Waals surface area contributed by atoms with Crippen molar-refractivity contribution in [3.63, 3.8) is 0 Å². The van der Waals surface area contributed by atoms with Crippen LogP contribution in [0.15, 0.2) is 23.0 Å². The third kappa shape index (κ3) is 3.50. The van der Waals surface area contributed by atoms with Crippen molar-refractivity contribution < 1.29 is 14.3 Å². The number of amides is 1. The summed E-state index contributed by atoms with van der Waals surface area (Å²) < 4.78 is 10.5. The van der Waals surface area contributed by atoms with Gasteiger partial charge in [0.05, 0.1) is 12.1 Å². The average molecular weight is 348 g/mol. The largest absolute Gasteiger partial charge is 0.493 e. The lowest BCUT2D eigenvalue weighted by Crippen LogP contribution is -2.20. The van der Waals surface area contributed by atoms with Gasteiger partial charge >= 0.3 is 0 Å². The number of rotatable bonds is 5. The molecule has 3 N–H and O–H groups in total. The normalized spacial score (nSPS) is 10.1. The number of hydrogen-bond donors (Lipinski definition) is 2. The first kappa shape index (κ1) is 17.4. The standard InChI is InChI=1S/C16H14ClN3O4/c1-8-3-10(11(6-18)16(22)20-8)9-4-12(17)15(13(5-9)23-2)24-7-14(19)21/h3-5H,7H2,1-2H3,(H2,19,21)(H,20,22). The van der Waals surface area contributed by atoms with Crippen LogP contribution in [0.3, 0.4) is 0 Å². The van der Waals surface area contributed by atoms with Gasteiger partial charge < -0.3 is 20.2 Å². The molecule has 1 aromatic heterocycles. The highest BCUT2D eigenvalue weighted by Crippen LogP contribution is 2.39. The Labute approximate surface area is 142 Å². The molecule has 0 saturated heterocycles. The van der Waals surface area contributed by atoms with Gasteiger partial charge in [0, 0.05) is 11.3 Å². The molecule has 0 radical (unpaired) electrons. The highest BCUT2D eigenvalue weighted by atomic mass is 35.5. The Morgan fingerprint density at radius 2 is 2.12 bits per heavy atom. The SMILES string of the molecule is COc1cc(-c2cc(C)[nH]c(=O)c2C#N)cc(Cl)c1OCC(N)=O. The Kier molecular flexibility index (Phi) is 5.11. The number of aryl methyl sites for hydroxylation is 1. The Morgan fingerprint density at radius 1 is 1.42 bits per heavy atom. The number of aromatic amines is 1. The molecule has 8 heteroatoms. The van der Waals surface area contributed by atoms with E-state index in [2.05, 4.69) is 4.98 Å². The van der Waals surface area contributed by atoms with Crippen molar-refractivity contribution in [2.45, 2.75) is 6.92 Å². The van der Waals surface area contributed by atoms with E-state index in [-0.39, 0.29) is 28.7 Å². The number of aromatic nitrogens is 1. The number of methoxy groups -OCH3 is 1. The highest BCUT2D eigenvalue weighted by Gasteiger charge is 2.17. The van der Waals surface area contributed by atoms with E-state index in [9.17, 15) is 14.9 Å². The fourth-order valence-corrected chi connectivity index (χ4v) is 2.45. The first-order valence-electron chi connectivity index (χ1n) is 6.80. The maximum absolute atomic E-state index is 11.9. The number of ether oxygens (including phenoxy) is 2. The molecule has 2 aromatic rings. The number of halogens is 1. The topological polar surface area (TPSA) is 118 Å². The number of carbonyl (C=O) groups is 1. The third-order valence-corrected chi connectivity index (χ3v) is 3.46. The third-order valence-electron chi connectivity index (χ3n) is 3.18. The maximum Gasteiger partial charge on any atom is 0.266 e. The van der Waals surface area contributed by atoms with Gasteiger partial charge in [-0.15, -0.1) is 0 Å². The number of nitrogens with two attached hydrogens (primary N) is 1. The Morgan fingerprint density at radius 3 is 2.71 bits per heavy atom. The average Bonchev–Trinajstić information content (AvgIpc) is 2.52. The minimum absolute atomic E-state index is 0.0375. The monoisotopic (exact) mass is 347 g/mol. The second-order valence-corrected chi connectivity index (χ2v) is 5.33. The van der Waals surface area contributed by atoms with Crippen molar-refractivity contribution in [1.29, 1.82) is 5.26 Å². The van der Waals surface area contributed by atoms with E-state index >= 15 is 0 Å². The Bertz CT molecular complexity index is 899. The number of hydrogen-bond acceptors (Lipinski definition) is 5. The second kappa shape index (κ2) is 7.06. The van der Waals surface area contributed by atoms with Crippen LogP contribution in [0.4, 0.5) is 0 Å². The smallest absolute Gasteiger partial charge is 0.266 e. The molecule has 0 saturated carbocycles. The molecule has 0 aliphatic heterocycles. The fourth-order valence-electron chi connectivity index (χ4n) is 2.19. The summed E-state index contributed by atoms with van der Waals surface area (Å²) in [6.45, 7) is 1.35. The van der Waals surface area contributed by atoms with Crippen LogP contribution in [0.1, 0.15) is 11.3 Å². The summed E-state index contributed by atoms with van der Waals surface area (Å²) >= 11 is 6.20. The lowest BCUT2D eigenvalue weighted by Gasteiger charge is -2.14. The fraction of sp³-hybridized carbons (Fsp3) is 0.188. The highest BCUT2D eigenvalue weighted by molar-refractivity contribution is 6.32. The lowest BCUT2D eigenvalue weighted by atomic mass is 10.0. The van der Waals surface area contributed by atoms with Gasteiger partial charge in [0.2, 0.25) is 0 Å². The van der Waals surface area contributed by atoms with Crippen molar-refractivity contribution in [2.24, 2.45) is 5.73 Å². The van der Waals surface area contributed by atoms with Crippen LogP contribution in [-0.4, -0.2) is 24.6 Å². The number of primary amides is 1. The van der Waals surface area contributed by atoms with Gasteiger partial charge in [0.15, 0.2) is 18.1 Å². The number of nitriles is 1. The molecular weight excluding hydrogens is 334 g/mol. The van der Waals surface area contributed by atoms with E-state index in [1.165, 1.54) is 13.2 Å². The number of benzene rings is 1. The molecule has 0 aliphatic carbocycles. The number of nitrogens with one attached hydrogen (secondary N) is 1. The van der Waals surface area contributed by atoms with Crippen LogP contribution >= 0.6 is 11.6 Å². The predicted octanol–water partition coefficient (Wildman–Crippen LogP) is 1.75. The van der Waals surface area contributed by atoms with Gasteiger partial charge in [-0.3, -0.25) is 9.59 Å². The summed E-state index contributed by atoms with van der Waals surface area (Å²) in [4.78, 5) is 25.4. The van der Waals surface area contributed by atoms with E-state index in [0.29, 0.717) is 16.8 Å². The van der Waals surface area contributed by atoms with Crippen LogP contribution in [0.25, 0.3) is 11.1 Å². The quantitative estimate of drug-likeness (QED) is 0.854. The van der Waals surface area contributed by atoms with Crippen molar-refractivity contribution in [1.82, 2.24) is 4.98 Å².